The van der Waals surface area contributed by atoms with Gasteiger partial charge in [-0.2, -0.15) is 5.26 Å². The second-order valence-corrected chi connectivity index (χ2v) is 5.89. The van der Waals surface area contributed by atoms with Crippen molar-refractivity contribution in [3.63, 3.8) is 0 Å². The van der Waals surface area contributed by atoms with Gasteiger partial charge < -0.3 is 5.73 Å². The lowest BCUT2D eigenvalue weighted by Gasteiger charge is -2.34. The Balaban J connectivity index is 2.17. The summed E-state index contributed by atoms with van der Waals surface area (Å²) in [6, 6.07) is 7.61. The normalized spacial score (nSPS) is 18.6. The van der Waals surface area contributed by atoms with E-state index in [9.17, 15) is 0 Å². The molecular weight excluding hydrogens is 242 g/mol. The molecule has 0 aromatic carbocycles. The zero-order valence-electron chi connectivity index (χ0n) is 10.9. The van der Waals surface area contributed by atoms with Crippen LogP contribution in [0.5, 0.6) is 0 Å². The number of thiophene rings is 1. The van der Waals surface area contributed by atoms with Gasteiger partial charge in [0.1, 0.15) is 0 Å². The molecule has 1 aromatic heterocycles. The van der Waals surface area contributed by atoms with Crippen LogP contribution < -0.4 is 5.73 Å². The fraction of sp³-hybridized carbons (Fsp3) is 0.643. The molecule has 2 rings (SSSR count). The fourth-order valence-corrected chi connectivity index (χ4v) is 3.36. The van der Waals surface area contributed by atoms with Gasteiger partial charge in [0, 0.05) is 29.9 Å². The van der Waals surface area contributed by atoms with E-state index in [1.807, 2.05) is 0 Å². The lowest BCUT2D eigenvalue weighted by Crippen LogP contribution is -2.42. The van der Waals surface area contributed by atoms with E-state index in [1.165, 1.54) is 17.7 Å². The van der Waals surface area contributed by atoms with Crippen LogP contribution in [0.1, 0.15) is 43.5 Å². The Morgan fingerprint density at radius 3 is 2.89 bits per heavy atom. The Bertz CT molecular complexity index is 392. The summed E-state index contributed by atoms with van der Waals surface area (Å²) in [7, 11) is 0. The van der Waals surface area contributed by atoms with Crippen LogP contribution >= 0.6 is 11.3 Å². The number of nitrogens with zero attached hydrogens (tertiary/aromatic N) is 2. The molecule has 18 heavy (non-hydrogen) atoms. The van der Waals surface area contributed by atoms with Gasteiger partial charge >= 0.3 is 0 Å². The predicted octanol–water partition coefficient (Wildman–Crippen LogP) is 2.90. The molecule has 1 fully saturated rings. The van der Waals surface area contributed by atoms with Crippen LogP contribution in [0.4, 0.5) is 0 Å². The Labute approximate surface area is 113 Å². The monoisotopic (exact) mass is 263 g/mol. The molecule has 0 spiro atoms. The smallest absolute Gasteiger partial charge is 0.0635 e. The fourth-order valence-electron chi connectivity index (χ4n) is 2.44. The van der Waals surface area contributed by atoms with Gasteiger partial charge in [-0.1, -0.05) is 13.0 Å². The van der Waals surface area contributed by atoms with Crippen LogP contribution in [0, 0.1) is 11.3 Å². The second kappa shape index (κ2) is 6.33. The topological polar surface area (TPSA) is 53.0 Å². The number of hydrogen-bond acceptors (Lipinski definition) is 4. The molecule has 1 aliphatic carbocycles. The maximum atomic E-state index is 8.82. The Morgan fingerprint density at radius 1 is 1.61 bits per heavy atom. The van der Waals surface area contributed by atoms with Gasteiger partial charge in [-0.15, -0.1) is 11.3 Å². The van der Waals surface area contributed by atoms with E-state index >= 15 is 0 Å². The molecule has 1 aromatic rings. The van der Waals surface area contributed by atoms with E-state index in [0.29, 0.717) is 12.5 Å². The standard InChI is InChI=1S/C14H21N3S/c1-2-12(16)14(13-5-3-10-18-13)17(9-4-8-15)11-6-7-11/h3,5,10-12,14H,2,4,6-7,9,16H2,1H3. The van der Waals surface area contributed by atoms with E-state index in [0.717, 1.165) is 13.0 Å². The average Bonchev–Trinajstić information content (AvgIpc) is 3.09. The molecule has 0 saturated heterocycles. The van der Waals surface area contributed by atoms with E-state index < -0.39 is 0 Å². The van der Waals surface area contributed by atoms with Crippen molar-refractivity contribution < 1.29 is 0 Å². The molecule has 1 heterocycles. The minimum absolute atomic E-state index is 0.156. The predicted molar refractivity (Wildman–Crippen MR) is 75.3 cm³/mol. The molecule has 0 aliphatic heterocycles. The summed E-state index contributed by atoms with van der Waals surface area (Å²) in [5.41, 5.74) is 6.33. The maximum absolute atomic E-state index is 8.82. The SMILES string of the molecule is CCC(N)C(c1cccs1)N(CCC#N)C1CC1. The van der Waals surface area contributed by atoms with Gasteiger partial charge in [-0.25, -0.2) is 0 Å². The first-order chi connectivity index (χ1) is 8.77. The van der Waals surface area contributed by atoms with Crippen molar-refractivity contribution in [2.24, 2.45) is 5.73 Å². The van der Waals surface area contributed by atoms with E-state index in [2.05, 4.69) is 35.4 Å². The largest absolute Gasteiger partial charge is 0.326 e. The van der Waals surface area contributed by atoms with Gasteiger partial charge in [0.05, 0.1) is 12.1 Å². The molecule has 1 saturated carbocycles. The summed E-state index contributed by atoms with van der Waals surface area (Å²) in [4.78, 5) is 3.80. The molecule has 0 radical (unpaired) electrons. The van der Waals surface area contributed by atoms with Crippen molar-refractivity contribution in [3.8, 4) is 6.07 Å². The van der Waals surface area contributed by atoms with E-state index in [1.54, 1.807) is 11.3 Å². The van der Waals surface area contributed by atoms with Crippen molar-refractivity contribution in [1.29, 1.82) is 5.26 Å². The van der Waals surface area contributed by atoms with Crippen LogP contribution in [0.2, 0.25) is 0 Å². The summed E-state index contributed by atoms with van der Waals surface area (Å²) in [5, 5.41) is 10.9. The van der Waals surface area contributed by atoms with Crippen molar-refractivity contribution in [2.75, 3.05) is 6.54 Å². The molecular formula is C14H21N3S. The van der Waals surface area contributed by atoms with Crippen LogP contribution in [-0.2, 0) is 0 Å². The van der Waals surface area contributed by atoms with Crippen molar-refractivity contribution >= 4 is 11.3 Å². The maximum Gasteiger partial charge on any atom is 0.0635 e. The van der Waals surface area contributed by atoms with Crippen LogP contribution in [-0.4, -0.2) is 23.5 Å². The van der Waals surface area contributed by atoms with E-state index in [-0.39, 0.29) is 12.1 Å². The molecule has 4 heteroatoms. The first-order valence-electron chi connectivity index (χ1n) is 6.69. The summed E-state index contributed by atoms with van der Waals surface area (Å²) >= 11 is 1.78. The number of nitrogens with two attached hydrogens (primary N) is 1. The van der Waals surface area contributed by atoms with Crippen LogP contribution in [0.15, 0.2) is 17.5 Å². The van der Waals surface area contributed by atoms with Crippen molar-refractivity contribution in [3.05, 3.63) is 22.4 Å². The highest BCUT2D eigenvalue weighted by Crippen LogP contribution is 2.37. The summed E-state index contributed by atoms with van der Waals surface area (Å²) in [5.74, 6) is 0. The van der Waals surface area contributed by atoms with Gasteiger partial charge in [0.15, 0.2) is 0 Å². The quantitative estimate of drug-likeness (QED) is 0.823. The Kier molecular flexibility index (Phi) is 4.76. The zero-order chi connectivity index (χ0) is 13.0. The molecule has 2 unspecified atom stereocenters. The molecule has 2 atom stereocenters. The van der Waals surface area contributed by atoms with Gasteiger partial charge in [0.2, 0.25) is 0 Å². The van der Waals surface area contributed by atoms with Gasteiger partial charge in [-0.3, -0.25) is 4.90 Å². The molecule has 2 N–H and O–H groups in total. The lowest BCUT2D eigenvalue weighted by atomic mass is 10.0. The number of hydrogen-bond donors (Lipinski definition) is 1. The summed E-state index contributed by atoms with van der Waals surface area (Å²) < 4.78 is 0. The van der Waals surface area contributed by atoms with Crippen molar-refractivity contribution in [2.45, 2.75) is 50.7 Å². The van der Waals surface area contributed by atoms with Crippen LogP contribution in [0.25, 0.3) is 0 Å². The van der Waals surface area contributed by atoms with E-state index in [4.69, 9.17) is 11.0 Å². The third-order valence-electron chi connectivity index (χ3n) is 3.57. The summed E-state index contributed by atoms with van der Waals surface area (Å²) in [6.45, 7) is 2.98. The molecule has 1 aliphatic rings. The highest BCUT2D eigenvalue weighted by molar-refractivity contribution is 7.10. The molecule has 0 bridgehead atoms. The first-order valence-corrected chi connectivity index (χ1v) is 7.57. The summed E-state index contributed by atoms with van der Waals surface area (Å²) in [6.07, 6.45) is 4.07. The number of rotatable bonds is 7. The number of nitriles is 1. The zero-order valence-corrected chi connectivity index (χ0v) is 11.7. The molecule has 98 valence electrons. The van der Waals surface area contributed by atoms with Crippen LogP contribution in [0.3, 0.4) is 0 Å². The lowest BCUT2D eigenvalue weighted by molar-refractivity contribution is 0.166. The Morgan fingerprint density at radius 2 is 2.39 bits per heavy atom. The Hall–Kier alpha value is -0.890. The third kappa shape index (κ3) is 3.11. The second-order valence-electron chi connectivity index (χ2n) is 4.91. The van der Waals surface area contributed by atoms with Gasteiger partial charge in [-0.05, 0) is 30.7 Å². The minimum atomic E-state index is 0.156. The highest BCUT2D eigenvalue weighted by Gasteiger charge is 2.36. The van der Waals surface area contributed by atoms with Gasteiger partial charge in [0.25, 0.3) is 0 Å². The third-order valence-corrected chi connectivity index (χ3v) is 4.51. The van der Waals surface area contributed by atoms with Crippen molar-refractivity contribution in [1.82, 2.24) is 4.90 Å². The first kappa shape index (κ1) is 13.5. The molecule has 3 nitrogen and oxygen atoms in total. The average molecular weight is 263 g/mol. The highest BCUT2D eigenvalue weighted by atomic mass is 32.1. The molecule has 0 amide bonds. The minimum Gasteiger partial charge on any atom is -0.326 e.